The molecule has 0 radical (unpaired) electrons. The Hall–Kier alpha value is -0.0800. The predicted octanol–water partition coefficient (Wildman–Crippen LogP) is 3.27. The van der Waals surface area contributed by atoms with Crippen molar-refractivity contribution >= 4 is 0 Å². The van der Waals surface area contributed by atoms with Gasteiger partial charge in [-0.05, 0) is 31.1 Å². The summed E-state index contributed by atoms with van der Waals surface area (Å²) in [6, 6.07) is 2.17. The Morgan fingerprint density at radius 1 is 1.22 bits per heavy atom. The molecule has 2 fully saturated rings. The number of rotatable bonds is 2. The van der Waals surface area contributed by atoms with Crippen LogP contribution in [0.5, 0.6) is 0 Å². The van der Waals surface area contributed by atoms with Gasteiger partial charge < -0.3 is 5.32 Å². The van der Waals surface area contributed by atoms with Gasteiger partial charge in [-0.15, -0.1) is 0 Å². The van der Waals surface area contributed by atoms with Crippen LogP contribution in [0.15, 0.2) is 0 Å². The highest BCUT2D eigenvalue weighted by molar-refractivity contribution is 4.96. The molecule has 2 rings (SSSR count). The van der Waals surface area contributed by atoms with Gasteiger partial charge in [-0.25, -0.2) is 0 Å². The number of nitrogens with zero attached hydrogens (tertiary/aromatic N) is 1. The normalized spacial score (nSPS) is 38.0. The van der Waals surface area contributed by atoms with Crippen molar-refractivity contribution in [1.29, 1.82) is 0 Å². The van der Waals surface area contributed by atoms with Gasteiger partial charge in [0.05, 0.1) is 0 Å². The van der Waals surface area contributed by atoms with Crippen LogP contribution in [-0.2, 0) is 0 Å². The van der Waals surface area contributed by atoms with Crippen LogP contribution in [0.1, 0.15) is 60.3 Å². The molecule has 2 heteroatoms. The summed E-state index contributed by atoms with van der Waals surface area (Å²) >= 11 is 0. The van der Waals surface area contributed by atoms with Gasteiger partial charge in [0.25, 0.3) is 0 Å². The molecule has 1 heterocycles. The Balaban J connectivity index is 2.15. The topological polar surface area (TPSA) is 15.3 Å². The lowest BCUT2D eigenvalue weighted by atomic mass is 9.71. The number of hydrogen-bond donors (Lipinski definition) is 1. The molecule has 0 bridgehead atoms. The van der Waals surface area contributed by atoms with E-state index < -0.39 is 0 Å². The zero-order chi connectivity index (χ0) is 13.3. The molecule has 2 aliphatic rings. The summed E-state index contributed by atoms with van der Waals surface area (Å²) in [6.45, 7) is 14.5. The zero-order valence-electron chi connectivity index (χ0n) is 13.0. The molecule has 1 aliphatic heterocycles. The second kappa shape index (κ2) is 5.50. The maximum absolute atomic E-state index is 3.67. The van der Waals surface area contributed by atoms with Crippen molar-refractivity contribution in [2.45, 2.75) is 78.4 Å². The van der Waals surface area contributed by atoms with Gasteiger partial charge in [-0.1, -0.05) is 40.5 Å². The summed E-state index contributed by atoms with van der Waals surface area (Å²) in [7, 11) is 0. The molecule has 0 aromatic heterocycles. The highest BCUT2D eigenvalue weighted by Crippen LogP contribution is 2.40. The van der Waals surface area contributed by atoms with Gasteiger partial charge in [0.1, 0.15) is 0 Å². The minimum atomic E-state index is 0.502. The van der Waals surface area contributed by atoms with E-state index in [9.17, 15) is 0 Å². The minimum Gasteiger partial charge on any atom is -0.311 e. The molecule has 18 heavy (non-hydrogen) atoms. The largest absolute Gasteiger partial charge is 0.311 e. The Bertz CT molecular complexity index is 272. The van der Waals surface area contributed by atoms with E-state index >= 15 is 0 Å². The van der Waals surface area contributed by atoms with E-state index in [0.717, 1.165) is 18.0 Å². The Morgan fingerprint density at radius 2 is 1.94 bits per heavy atom. The molecular formula is C16H32N2. The highest BCUT2D eigenvalue weighted by Gasteiger charge is 2.41. The maximum Gasteiger partial charge on any atom is 0.0247 e. The van der Waals surface area contributed by atoms with E-state index in [4.69, 9.17) is 0 Å². The molecule has 0 aromatic carbocycles. The molecule has 3 atom stereocenters. The number of hydrogen-bond acceptors (Lipinski definition) is 2. The number of piperazine rings is 1. The first-order valence-electron chi connectivity index (χ1n) is 7.91. The van der Waals surface area contributed by atoms with E-state index in [0.29, 0.717) is 11.5 Å². The Labute approximate surface area is 114 Å². The van der Waals surface area contributed by atoms with E-state index in [2.05, 4.69) is 44.8 Å². The highest BCUT2D eigenvalue weighted by atomic mass is 15.3. The molecule has 106 valence electrons. The average Bonchev–Trinajstić information content (AvgIpc) is 2.27. The van der Waals surface area contributed by atoms with Crippen LogP contribution < -0.4 is 5.32 Å². The first-order valence-corrected chi connectivity index (χ1v) is 7.91. The first kappa shape index (κ1) is 14.3. The van der Waals surface area contributed by atoms with E-state index in [1.54, 1.807) is 0 Å². The van der Waals surface area contributed by atoms with Crippen molar-refractivity contribution in [3.05, 3.63) is 0 Å². The fraction of sp³-hybridized carbons (Fsp3) is 1.00. The van der Waals surface area contributed by atoms with Crippen LogP contribution in [-0.4, -0.2) is 36.1 Å². The molecule has 2 nitrogen and oxygen atoms in total. The van der Waals surface area contributed by atoms with Crippen molar-refractivity contribution in [3.8, 4) is 0 Å². The molecule has 1 aliphatic carbocycles. The summed E-state index contributed by atoms with van der Waals surface area (Å²) < 4.78 is 0. The summed E-state index contributed by atoms with van der Waals surface area (Å²) in [4.78, 5) is 2.85. The third kappa shape index (κ3) is 2.91. The average molecular weight is 252 g/mol. The summed E-state index contributed by atoms with van der Waals surface area (Å²) in [6.07, 6.45) is 5.67. The third-order valence-corrected chi connectivity index (χ3v) is 5.21. The lowest BCUT2D eigenvalue weighted by Gasteiger charge is -2.52. The molecule has 1 N–H and O–H groups in total. The summed E-state index contributed by atoms with van der Waals surface area (Å²) in [5.74, 6) is 0.753. The summed E-state index contributed by atoms with van der Waals surface area (Å²) in [5, 5.41) is 3.67. The maximum atomic E-state index is 3.67. The van der Waals surface area contributed by atoms with E-state index in [1.807, 2.05) is 0 Å². The molecule has 0 amide bonds. The summed E-state index contributed by atoms with van der Waals surface area (Å²) in [5.41, 5.74) is 0.502. The Morgan fingerprint density at radius 3 is 2.56 bits per heavy atom. The van der Waals surface area contributed by atoms with Crippen molar-refractivity contribution in [3.63, 3.8) is 0 Å². The van der Waals surface area contributed by atoms with E-state index in [1.165, 1.54) is 38.8 Å². The molecule has 0 spiro atoms. The van der Waals surface area contributed by atoms with Gasteiger partial charge in [-0.2, -0.15) is 0 Å². The second-order valence-corrected chi connectivity index (χ2v) is 7.57. The van der Waals surface area contributed by atoms with Crippen LogP contribution in [0, 0.1) is 11.3 Å². The fourth-order valence-electron chi connectivity index (χ4n) is 4.02. The molecular weight excluding hydrogens is 220 g/mol. The van der Waals surface area contributed by atoms with Crippen LogP contribution in [0.3, 0.4) is 0 Å². The molecule has 0 aromatic rings. The molecule has 3 unspecified atom stereocenters. The van der Waals surface area contributed by atoms with Crippen LogP contribution in [0.2, 0.25) is 0 Å². The molecule has 1 saturated carbocycles. The van der Waals surface area contributed by atoms with Gasteiger partial charge in [-0.3, -0.25) is 4.90 Å². The zero-order valence-corrected chi connectivity index (χ0v) is 13.0. The van der Waals surface area contributed by atoms with Crippen LogP contribution in [0.25, 0.3) is 0 Å². The minimum absolute atomic E-state index is 0.502. The van der Waals surface area contributed by atoms with Crippen molar-refractivity contribution < 1.29 is 0 Å². The van der Waals surface area contributed by atoms with Crippen LogP contribution in [0.4, 0.5) is 0 Å². The first-order chi connectivity index (χ1) is 8.42. The second-order valence-electron chi connectivity index (χ2n) is 7.57. The Kier molecular flexibility index (Phi) is 4.38. The van der Waals surface area contributed by atoms with Crippen LogP contribution >= 0.6 is 0 Å². The lowest BCUT2D eigenvalue weighted by molar-refractivity contribution is -0.0176. The quantitative estimate of drug-likeness (QED) is 0.811. The van der Waals surface area contributed by atoms with Gasteiger partial charge >= 0.3 is 0 Å². The lowest BCUT2D eigenvalue weighted by Crippen LogP contribution is -2.63. The third-order valence-electron chi connectivity index (χ3n) is 5.21. The van der Waals surface area contributed by atoms with Crippen molar-refractivity contribution in [2.75, 3.05) is 13.1 Å². The van der Waals surface area contributed by atoms with Gasteiger partial charge in [0.2, 0.25) is 0 Å². The molecule has 1 saturated heterocycles. The van der Waals surface area contributed by atoms with E-state index in [-0.39, 0.29) is 0 Å². The van der Waals surface area contributed by atoms with Crippen molar-refractivity contribution in [2.24, 2.45) is 11.3 Å². The number of nitrogens with one attached hydrogen (secondary N) is 1. The smallest absolute Gasteiger partial charge is 0.0247 e. The standard InChI is InChI=1S/C16H32N2/c1-12(2)14-10-17-13(3)11-18(14)15-8-6-7-9-16(15,4)5/h12-15,17H,6-11H2,1-5H3. The predicted molar refractivity (Wildman–Crippen MR) is 78.8 cm³/mol. The van der Waals surface area contributed by atoms with Crippen molar-refractivity contribution in [1.82, 2.24) is 10.2 Å². The monoisotopic (exact) mass is 252 g/mol. The van der Waals surface area contributed by atoms with Gasteiger partial charge in [0.15, 0.2) is 0 Å². The van der Waals surface area contributed by atoms with Gasteiger partial charge in [0, 0.05) is 31.2 Å². The SMILES string of the molecule is CC1CN(C2CCCCC2(C)C)C(C(C)C)CN1. The fourth-order valence-corrected chi connectivity index (χ4v) is 4.02.